The fraction of sp³-hybridized carbons (Fsp3) is 0.357. The Morgan fingerprint density at radius 1 is 1.33 bits per heavy atom. The second-order valence-electron chi connectivity index (χ2n) is 4.40. The maximum atomic E-state index is 12.2. The van der Waals surface area contributed by atoms with Gasteiger partial charge in [-0.25, -0.2) is 4.98 Å². The van der Waals surface area contributed by atoms with Gasteiger partial charge in [0.15, 0.2) is 0 Å². The number of carbonyl (C=O) groups is 1. The molecule has 2 aromatic rings. The van der Waals surface area contributed by atoms with Crippen molar-refractivity contribution in [3.8, 4) is 0 Å². The average molecular weight is 290 g/mol. The van der Waals surface area contributed by atoms with Crippen molar-refractivity contribution in [3.63, 3.8) is 0 Å². The minimum absolute atomic E-state index is 0.0376. The molecule has 0 spiro atoms. The van der Waals surface area contributed by atoms with Crippen molar-refractivity contribution in [1.29, 1.82) is 0 Å². The monoisotopic (exact) mass is 290 g/mol. The standard InChI is InChI=1S/C14H18N4O3/c1-21-9-7-15-5-6-16-13(19)11-10-17-12-4-2-3-8-18(12)14(11)20/h2-4,8,10,15H,5-7,9H2,1H3,(H,16,19). The first-order chi connectivity index (χ1) is 10.2. The molecule has 2 N–H and O–H groups in total. The van der Waals surface area contributed by atoms with Gasteiger partial charge >= 0.3 is 0 Å². The highest BCUT2D eigenvalue weighted by atomic mass is 16.5. The molecule has 0 aliphatic heterocycles. The second-order valence-corrected chi connectivity index (χ2v) is 4.40. The van der Waals surface area contributed by atoms with Crippen LogP contribution in [-0.2, 0) is 4.74 Å². The first kappa shape index (κ1) is 15.1. The van der Waals surface area contributed by atoms with E-state index >= 15 is 0 Å². The van der Waals surface area contributed by atoms with E-state index < -0.39 is 5.91 Å². The number of pyridine rings is 1. The number of hydrogen-bond donors (Lipinski definition) is 2. The summed E-state index contributed by atoms with van der Waals surface area (Å²) in [4.78, 5) is 28.3. The molecule has 7 nitrogen and oxygen atoms in total. The lowest BCUT2D eigenvalue weighted by Gasteiger charge is -2.07. The topological polar surface area (TPSA) is 84.7 Å². The SMILES string of the molecule is COCCNCCNC(=O)c1cnc2ccccn2c1=O. The van der Waals surface area contributed by atoms with Crippen LogP contribution in [0.3, 0.4) is 0 Å². The molecule has 0 aliphatic carbocycles. The summed E-state index contributed by atoms with van der Waals surface area (Å²) < 4.78 is 6.25. The van der Waals surface area contributed by atoms with E-state index in [1.807, 2.05) is 0 Å². The minimum Gasteiger partial charge on any atom is -0.383 e. The molecule has 0 aliphatic rings. The van der Waals surface area contributed by atoms with Crippen LogP contribution < -0.4 is 16.2 Å². The number of nitrogens with zero attached hydrogens (tertiary/aromatic N) is 2. The predicted octanol–water partition coefficient (Wildman–Crippen LogP) is -0.340. The molecule has 0 saturated heterocycles. The van der Waals surface area contributed by atoms with Gasteiger partial charge in [-0.1, -0.05) is 6.07 Å². The number of methoxy groups -OCH3 is 1. The number of carbonyl (C=O) groups excluding carboxylic acids is 1. The lowest BCUT2D eigenvalue weighted by atomic mass is 10.3. The van der Waals surface area contributed by atoms with E-state index in [1.165, 1.54) is 10.6 Å². The van der Waals surface area contributed by atoms with Crippen molar-refractivity contribution in [1.82, 2.24) is 20.0 Å². The molecule has 0 atom stereocenters. The smallest absolute Gasteiger partial charge is 0.270 e. The molecule has 1 amide bonds. The maximum Gasteiger partial charge on any atom is 0.270 e. The fourth-order valence-electron chi connectivity index (χ4n) is 1.84. The van der Waals surface area contributed by atoms with Gasteiger partial charge in [-0.15, -0.1) is 0 Å². The van der Waals surface area contributed by atoms with Crippen molar-refractivity contribution >= 4 is 11.6 Å². The summed E-state index contributed by atoms with van der Waals surface area (Å²) in [5, 5.41) is 5.78. The molecule has 0 saturated carbocycles. The highest BCUT2D eigenvalue weighted by Gasteiger charge is 2.12. The Morgan fingerprint density at radius 3 is 3.00 bits per heavy atom. The van der Waals surface area contributed by atoms with Gasteiger partial charge in [-0.3, -0.25) is 14.0 Å². The molecule has 0 unspecified atom stereocenters. The van der Waals surface area contributed by atoms with E-state index in [0.29, 0.717) is 31.9 Å². The molecule has 112 valence electrons. The number of ether oxygens (including phenoxy) is 1. The summed E-state index contributed by atoms with van der Waals surface area (Å²) in [5.74, 6) is -0.417. The van der Waals surface area contributed by atoms with Crippen molar-refractivity contribution in [2.24, 2.45) is 0 Å². The summed E-state index contributed by atoms with van der Waals surface area (Å²) in [6.45, 7) is 2.37. The van der Waals surface area contributed by atoms with Crippen molar-refractivity contribution in [2.75, 3.05) is 33.4 Å². The minimum atomic E-state index is -0.417. The Hall–Kier alpha value is -2.25. The molecular formula is C14H18N4O3. The van der Waals surface area contributed by atoms with Crippen LogP contribution in [0.5, 0.6) is 0 Å². The third kappa shape index (κ3) is 3.87. The van der Waals surface area contributed by atoms with Crippen LogP contribution in [0.4, 0.5) is 0 Å². The first-order valence-corrected chi connectivity index (χ1v) is 6.68. The van der Waals surface area contributed by atoms with E-state index in [2.05, 4.69) is 15.6 Å². The summed E-state index contributed by atoms with van der Waals surface area (Å²) in [6.07, 6.45) is 2.90. The maximum absolute atomic E-state index is 12.2. The van der Waals surface area contributed by atoms with E-state index in [-0.39, 0.29) is 11.1 Å². The lowest BCUT2D eigenvalue weighted by Crippen LogP contribution is -2.36. The molecule has 7 heteroatoms. The van der Waals surface area contributed by atoms with Crippen molar-refractivity contribution in [3.05, 3.63) is 46.5 Å². The van der Waals surface area contributed by atoms with Crippen LogP contribution in [0.15, 0.2) is 35.4 Å². The summed E-state index contributed by atoms with van der Waals surface area (Å²) in [5.41, 5.74) is 0.182. The number of hydrogen-bond acceptors (Lipinski definition) is 5. The molecule has 0 aromatic carbocycles. The number of aromatic nitrogens is 2. The van der Waals surface area contributed by atoms with E-state index in [0.717, 1.165) is 0 Å². The molecule has 2 heterocycles. The largest absolute Gasteiger partial charge is 0.383 e. The lowest BCUT2D eigenvalue weighted by molar-refractivity contribution is 0.0951. The van der Waals surface area contributed by atoms with Gasteiger partial charge in [-0.2, -0.15) is 0 Å². The normalized spacial score (nSPS) is 10.7. The third-order valence-electron chi connectivity index (χ3n) is 2.93. The molecule has 2 rings (SSSR count). The number of nitrogens with one attached hydrogen (secondary N) is 2. The molecular weight excluding hydrogens is 272 g/mol. The van der Waals surface area contributed by atoms with Gasteiger partial charge in [0.05, 0.1) is 6.61 Å². The average Bonchev–Trinajstić information content (AvgIpc) is 2.51. The van der Waals surface area contributed by atoms with Crippen LogP contribution in [0.2, 0.25) is 0 Å². The van der Waals surface area contributed by atoms with Gasteiger partial charge < -0.3 is 15.4 Å². The zero-order valence-corrected chi connectivity index (χ0v) is 11.8. The molecule has 0 fully saturated rings. The fourth-order valence-corrected chi connectivity index (χ4v) is 1.84. The summed E-state index contributed by atoms with van der Waals surface area (Å²) in [6, 6.07) is 5.22. The van der Waals surface area contributed by atoms with Crippen molar-refractivity contribution in [2.45, 2.75) is 0 Å². The van der Waals surface area contributed by atoms with Crippen LogP contribution in [0.1, 0.15) is 10.4 Å². The van der Waals surface area contributed by atoms with Gasteiger partial charge in [-0.05, 0) is 12.1 Å². The Morgan fingerprint density at radius 2 is 2.19 bits per heavy atom. The third-order valence-corrected chi connectivity index (χ3v) is 2.93. The zero-order chi connectivity index (χ0) is 15.1. The van der Waals surface area contributed by atoms with Gasteiger partial charge in [0.1, 0.15) is 11.2 Å². The van der Waals surface area contributed by atoms with E-state index in [1.54, 1.807) is 31.5 Å². The van der Waals surface area contributed by atoms with Gasteiger partial charge in [0.2, 0.25) is 0 Å². The van der Waals surface area contributed by atoms with Gasteiger partial charge in [0.25, 0.3) is 11.5 Å². The zero-order valence-electron chi connectivity index (χ0n) is 11.8. The first-order valence-electron chi connectivity index (χ1n) is 6.68. The second kappa shape index (κ2) is 7.51. The molecule has 2 aromatic heterocycles. The summed E-state index contributed by atoms with van der Waals surface area (Å²) in [7, 11) is 1.63. The van der Waals surface area contributed by atoms with E-state index in [4.69, 9.17) is 4.74 Å². The van der Waals surface area contributed by atoms with Crippen LogP contribution in [0.25, 0.3) is 5.65 Å². The number of fused-ring (bicyclic) bond motifs is 1. The molecule has 0 radical (unpaired) electrons. The van der Waals surface area contributed by atoms with Crippen LogP contribution in [0, 0.1) is 0 Å². The summed E-state index contributed by atoms with van der Waals surface area (Å²) >= 11 is 0. The van der Waals surface area contributed by atoms with Crippen LogP contribution in [-0.4, -0.2) is 48.6 Å². The van der Waals surface area contributed by atoms with Crippen LogP contribution >= 0.6 is 0 Å². The van der Waals surface area contributed by atoms with Crippen molar-refractivity contribution < 1.29 is 9.53 Å². The predicted molar refractivity (Wildman–Crippen MR) is 78.5 cm³/mol. The Balaban J connectivity index is 1.97. The Bertz CT molecular complexity index is 669. The highest BCUT2D eigenvalue weighted by molar-refractivity contribution is 5.93. The molecule has 0 bridgehead atoms. The molecule has 21 heavy (non-hydrogen) atoms. The number of amides is 1. The number of rotatable bonds is 7. The highest BCUT2D eigenvalue weighted by Crippen LogP contribution is 1.97. The quantitative estimate of drug-likeness (QED) is 0.682. The Labute approximate surface area is 122 Å². The van der Waals surface area contributed by atoms with Gasteiger partial charge in [0, 0.05) is 39.1 Å². The Kier molecular flexibility index (Phi) is 5.42. The van der Waals surface area contributed by atoms with E-state index in [9.17, 15) is 9.59 Å².